The van der Waals surface area contributed by atoms with E-state index < -0.39 is 4.92 Å². The first kappa shape index (κ1) is 17.4. The lowest BCUT2D eigenvalue weighted by Gasteiger charge is -2.12. The van der Waals surface area contributed by atoms with Gasteiger partial charge in [-0.15, -0.1) is 0 Å². The van der Waals surface area contributed by atoms with Gasteiger partial charge in [0.05, 0.1) is 11.5 Å². The van der Waals surface area contributed by atoms with E-state index in [1.807, 2.05) is 6.92 Å². The molecule has 1 aromatic rings. The molecule has 0 saturated heterocycles. The molecule has 0 atom stereocenters. The van der Waals surface area contributed by atoms with Gasteiger partial charge in [-0.1, -0.05) is 20.8 Å². The lowest BCUT2D eigenvalue weighted by molar-refractivity contribution is -0.384. The number of hydrogen-bond donors (Lipinski definition) is 1. The van der Waals surface area contributed by atoms with Crippen molar-refractivity contribution in [2.75, 3.05) is 26.4 Å². The molecule has 0 unspecified atom stereocenters. The standard InChI is InChI=1S/C15H24N2O4/c1-4-16-10-13-9-14(17(18)19)5-6-15(13)21-8-7-20-11-12(2)3/h5-6,9,12,16H,4,7-8,10-11H2,1-3H3. The molecule has 0 spiro atoms. The van der Waals surface area contributed by atoms with Crippen molar-refractivity contribution < 1.29 is 14.4 Å². The number of non-ortho nitro benzene ring substituents is 1. The van der Waals surface area contributed by atoms with Crippen LogP contribution in [0.1, 0.15) is 26.3 Å². The third-order valence-electron chi connectivity index (χ3n) is 2.76. The van der Waals surface area contributed by atoms with E-state index in [9.17, 15) is 10.1 Å². The Morgan fingerprint density at radius 2 is 2.10 bits per heavy atom. The van der Waals surface area contributed by atoms with Crippen molar-refractivity contribution in [1.29, 1.82) is 0 Å². The Hall–Kier alpha value is -1.66. The summed E-state index contributed by atoms with van der Waals surface area (Å²) >= 11 is 0. The summed E-state index contributed by atoms with van der Waals surface area (Å²) < 4.78 is 11.1. The van der Waals surface area contributed by atoms with E-state index in [1.165, 1.54) is 6.07 Å². The highest BCUT2D eigenvalue weighted by atomic mass is 16.6. The zero-order valence-corrected chi connectivity index (χ0v) is 12.9. The fourth-order valence-corrected chi connectivity index (χ4v) is 1.75. The SMILES string of the molecule is CCNCc1cc([N+](=O)[O-])ccc1OCCOCC(C)C. The summed E-state index contributed by atoms with van der Waals surface area (Å²) in [5, 5.41) is 14.0. The van der Waals surface area contributed by atoms with Gasteiger partial charge in [-0.2, -0.15) is 0 Å². The Labute approximate surface area is 125 Å². The maximum atomic E-state index is 10.8. The van der Waals surface area contributed by atoms with Crippen molar-refractivity contribution in [2.24, 2.45) is 5.92 Å². The molecule has 0 heterocycles. The number of hydrogen-bond acceptors (Lipinski definition) is 5. The number of benzene rings is 1. The van der Waals surface area contributed by atoms with Crippen LogP contribution >= 0.6 is 0 Å². The predicted molar refractivity (Wildman–Crippen MR) is 81.6 cm³/mol. The molecule has 1 aromatic carbocycles. The van der Waals surface area contributed by atoms with Gasteiger partial charge < -0.3 is 14.8 Å². The molecule has 21 heavy (non-hydrogen) atoms. The highest BCUT2D eigenvalue weighted by molar-refractivity contribution is 5.43. The molecular formula is C15H24N2O4. The minimum absolute atomic E-state index is 0.0753. The van der Waals surface area contributed by atoms with Crippen molar-refractivity contribution in [3.05, 3.63) is 33.9 Å². The van der Waals surface area contributed by atoms with E-state index in [4.69, 9.17) is 9.47 Å². The van der Waals surface area contributed by atoms with Crippen LogP contribution in [0.5, 0.6) is 5.75 Å². The second kappa shape index (κ2) is 9.31. The van der Waals surface area contributed by atoms with Crippen LogP contribution in [0.3, 0.4) is 0 Å². The van der Waals surface area contributed by atoms with Gasteiger partial charge in [0.15, 0.2) is 0 Å². The molecular weight excluding hydrogens is 272 g/mol. The topological polar surface area (TPSA) is 73.6 Å². The molecule has 0 aliphatic heterocycles. The Morgan fingerprint density at radius 1 is 1.33 bits per heavy atom. The van der Waals surface area contributed by atoms with Gasteiger partial charge in [0.25, 0.3) is 5.69 Å². The fourth-order valence-electron chi connectivity index (χ4n) is 1.75. The van der Waals surface area contributed by atoms with Crippen LogP contribution < -0.4 is 10.1 Å². The molecule has 118 valence electrons. The van der Waals surface area contributed by atoms with E-state index in [0.717, 1.165) is 12.1 Å². The zero-order chi connectivity index (χ0) is 15.7. The van der Waals surface area contributed by atoms with Crippen molar-refractivity contribution in [2.45, 2.75) is 27.3 Å². The van der Waals surface area contributed by atoms with Gasteiger partial charge in [-0.25, -0.2) is 0 Å². The van der Waals surface area contributed by atoms with Crippen molar-refractivity contribution >= 4 is 5.69 Å². The van der Waals surface area contributed by atoms with E-state index in [-0.39, 0.29) is 5.69 Å². The third-order valence-corrected chi connectivity index (χ3v) is 2.76. The lowest BCUT2D eigenvalue weighted by Crippen LogP contribution is -2.15. The number of nitrogens with one attached hydrogen (secondary N) is 1. The maximum Gasteiger partial charge on any atom is 0.270 e. The maximum absolute atomic E-state index is 10.8. The van der Waals surface area contributed by atoms with Crippen molar-refractivity contribution in [1.82, 2.24) is 5.32 Å². The Bertz CT molecular complexity index is 449. The molecule has 0 aromatic heterocycles. The molecule has 0 amide bonds. The van der Waals surface area contributed by atoms with Crippen LogP contribution in [-0.2, 0) is 11.3 Å². The van der Waals surface area contributed by atoms with Crippen LogP contribution in [0, 0.1) is 16.0 Å². The molecule has 1 rings (SSSR count). The third kappa shape index (κ3) is 6.55. The summed E-state index contributed by atoms with van der Waals surface area (Å²) in [6, 6.07) is 4.65. The van der Waals surface area contributed by atoms with Gasteiger partial charge in [-0.05, 0) is 18.5 Å². The Morgan fingerprint density at radius 3 is 2.71 bits per heavy atom. The fraction of sp³-hybridized carbons (Fsp3) is 0.600. The number of nitro groups is 1. The zero-order valence-electron chi connectivity index (χ0n) is 12.9. The molecule has 0 aliphatic rings. The predicted octanol–water partition coefficient (Wildman–Crippen LogP) is 2.76. The van der Waals surface area contributed by atoms with Crippen molar-refractivity contribution in [3.63, 3.8) is 0 Å². The monoisotopic (exact) mass is 296 g/mol. The minimum Gasteiger partial charge on any atom is -0.491 e. The first-order valence-electron chi connectivity index (χ1n) is 7.23. The average molecular weight is 296 g/mol. The van der Waals surface area contributed by atoms with Crippen LogP contribution in [0.4, 0.5) is 5.69 Å². The summed E-state index contributed by atoms with van der Waals surface area (Å²) in [4.78, 5) is 10.4. The van der Waals surface area contributed by atoms with Crippen LogP contribution in [0.15, 0.2) is 18.2 Å². The van der Waals surface area contributed by atoms with Gasteiger partial charge in [-0.3, -0.25) is 10.1 Å². The first-order chi connectivity index (χ1) is 10.0. The second-order valence-electron chi connectivity index (χ2n) is 5.15. The number of nitro benzene ring substituents is 1. The summed E-state index contributed by atoms with van der Waals surface area (Å²) in [7, 11) is 0. The largest absolute Gasteiger partial charge is 0.491 e. The van der Waals surface area contributed by atoms with Gasteiger partial charge in [0.1, 0.15) is 12.4 Å². The Balaban J connectivity index is 2.60. The summed E-state index contributed by atoms with van der Waals surface area (Å²) in [5.74, 6) is 1.16. The number of nitrogens with zero attached hydrogens (tertiary/aromatic N) is 1. The molecule has 6 nitrogen and oxygen atoms in total. The molecule has 0 radical (unpaired) electrons. The van der Waals surface area contributed by atoms with E-state index >= 15 is 0 Å². The minimum atomic E-state index is -0.398. The summed E-state index contributed by atoms with van der Waals surface area (Å²) in [6.45, 7) is 9.14. The molecule has 6 heteroatoms. The second-order valence-corrected chi connectivity index (χ2v) is 5.15. The van der Waals surface area contributed by atoms with Crippen LogP contribution in [0.2, 0.25) is 0 Å². The number of rotatable bonds is 10. The Kier molecular flexibility index (Phi) is 7.71. The van der Waals surface area contributed by atoms with Gasteiger partial charge in [0.2, 0.25) is 0 Å². The van der Waals surface area contributed by atoms with Crippen molar-refractivity contribution in [3.8, 4) is 5.75 Å². The van der Waals surface area contributed by atoms with E-state index in [0.29, 0.717) is 38.0 Å². The number of ether oxygens (including phenoxy) is 2. The van der Waals surface area contributed by atoms with Gasteiger partial charge >= 0.3 is 0 Å². The molecule has 0 bridgehead atoms. The van der Waals surface area contributed by atoms with Gasteiger partial charge in [0, 0.05) is 30.8 Å². The average Bonchev–Trinajstić information content (AvgIpc) is 2.44. The quantitative estimate of drug-likeness (QED) is 0.408. The van der Waals surface area contributed by atoms with Crippen LogP contribution in [0.25, 0.3) is 0 Å². The summed E-state index contributed by atoms with van der Waals surface area (Å²) in [5.41, 5.74) is 0.862. The first-order valence-corrected chi connectivity index (χ1v) is 7.23. The van der Waals surface area contributed by atoms with E-state index in [2.05, 4.69) is 19.2 Å². The molecule has 0 aliphatic carbocycles. The highest BCUT2D eigenvalue weighted by Gasteiger charge is 2.11. The lowest BCUT2D eigenvalue weighted by atomic mass is 10.1. The molecule has 0 saturated carbocycles. The smallest absolute Gasteiger partial charge is 0.270 e. The summed E-state index contributed by atoms with van der Waals surface area (Å²) in [6.07, 6.45) is 0. The molecule has 1 N–H and O–H groups in total. The van der Waals surface area contributed by atoms with E-state index in [1.54, 1.807) is 12.1 Å². The highest BCUT2D eigenvalue weighted by Crippen LogP contribution is 2.24. The van der Waals surface area contributed by atoms with Crippen LogP contribution in [-0.4, -0.2) is 31.3 Å². The normalized spacial score (nSPS) is 10.9. The molecule has 0 fully saturated rings.